The Balaban J connectivity index is 0.00000216. The zero-order valence-electron chi connectivity index (χ0n) is 20.6. The SMILES string of the molecule is Cl.Cl.Cl.O=S(=O)(NCCN1CCNCC1)c1ccc(NC2CCCCC2)c(NCc2ccccc2)c1. The number of sulfonamides is 1. The molecule has 11 heteroatoms. The summed E-state index contributed by atoms with van der Waals surface area (Å²) in [6, 6.07) is 16.0. The lowest BCUT2D eigenvalue weighted by atomic mass is 9.95. The second kappa shape index (κ2) is 16.6. The van der Waals surface area contributed by atoms with Gasteiger partial charge in [-0.1, -0.05) is 49.6 Å². The van der Waals surface area contributed by atoms with Gasteiger partial charge in [-0.2, -0.15) is 0 Å². The van der Waals surface area contributed by atoms with E-state index in [0.717, 1.165) is 62.5 Å². The maximum absolute atomic E-state index is 13.0. The van der Waals surface area contributed by atoms with E-state index in [0.29, 0.717) is 24.0 Å². The molecule has 4 N–H and O–H groups in total. The van der Waals surface area contributed by atoms with Crippen LogP contribution in [0.25, 0.3) is 0 Å². The molecule has 2 aromatic carbocycles. The molecule has 1 aliphatic heterocycles. The van der Waals surface area contributed by atoms with Crippen LogP contribution in [0.3, 0.4) is 0 Å². The highest BCUT2D eigenvalue weighted by Crippen LogP contribution is 2.29. The van der Waals surface area contributed by atoms with Crippen molar-refractivity contribution in [1.82, 2.24) is 14.9 Å². The summed E-state index contributed by atoms with van der Waals surface area (Å²) in [7, 11) is -3.58. The van der Waals surface area contributed by atoms with Crippen LogP contribution in [0.4, 0.5) is 11.4 Å². The van der Waals surface area contributed by atoms with Gasteiger partial charge in [0.05, 0.1) is 16.3 Å². The Bertz CT molecular complexity index is 986. The van der Waals surface area contributed by atoms with Gasteiger partial charge in [0, 0.05) is 51.9 Å². The molecular formula is C25H40Cl3N5O2S. The van der Waals surface area contributed by atoms with Crippen molar-refractivity contribution in [3.05, 3.63) is 54.1 Å². The number of rotatable bonds is 10. The van der Waals surface area contributed by atoms with E-state index < -0.39 is 10.0 Å². The summed E-state index contributed by atoms with van der Waals surface area (Å²) in [5.41, 5.74) is 2.95. The molecule has 0 atom stereocenters. The number of halogens is 3. The van der Waals surface area contributed by atoms with Crippen LogP contribution in [-0.4, -0.2) is 58.6 Å². The Kier molecular flexibility index (Phi) is 15.1. The predicted molar refractivity (Wildman–Crippen MR) is 157 cm³/mol. The third kappa shape index (κ3) is 9.89. The second-order valence-corrected chi connectivity index (χ2v) is 10.8. The molecule has 36 heavy (non-hydrogen) atoms. The van der Waals surface area contributed by atoms with Gasteiger partial charge < -0.3 is 16.0 Å². The Hall–Kier alpha value is -1.26. The molecule has 0 bridgehead atoms. The van der Waals surface area contributed by atoms with Gasteiger partial charge in [-0.25, -0.2) is 13.1 Å². The standard InChI is InChI=1S/C25H37N5O2S.3ClH/c31-33(32,28-15-18-30-16-13-26-14-17-30)23-11-12-24(29-22-9-5-2-6-10-22)25(19-23)27-20-21-7-3-1-4-8-21;;;/h1,3-4,7-8,11-12,19,22,26-29H,2,5-6,9-10,13-18,20H2;3*1H. The van der Waals surface area contributed by atoms with E-state index in [-0.39, 0.29) is 37.2 Å². The number of piperazine rings is 1. The van der Waals surface area contributed by atoms with Crippen LogP contribution in [0.1, 0.15) is 37.7 Å². The monoisotopic (exact) mass is 579 g/mol. The van der Waals surface area contributed by atoms with Crippen LogP contribution in [0.2, 0.25) is 0 Å². The number of nitrogens with one attached hydrogen (secondary N) is 4. The first kappa shape index (κ1) is 32.8. The molecular weight excluding hydrogens is 541 g/mol. The lowest BCUT2D eigenvalue weighted by Crippen LogP contribution is -2.46. The zero-order chi connectivity index (χ0) is 22.9. The minimum Gasteiger partial charge on any atom is -0.381 e. The van der Waals surface area contributed by atoms with Crippen molar-refractivity contribution in [2.75, 3.05) is 49.9 Å². The second-order valence-electron chi connectivity index (χ2n) is 9.02. The fourth-order valence-electron chi connectivity index (χ4n) is 4.58. The molecule has 4 rings (SSSR count). The Labute approximate surface area is 234 Å². The first-order valence-electron chi connectivity index (χ1n) is 12.2. The van der Waals surface area contributed by atoms with E-state index in [4.69, 9.17) is 0 Å². The third-order valence-electron chi connectivity index (χ3n) is 6.52. The minimum absolute atomic E-state index is 0. The summed E-state index contributed by atoms with van der Waals surface area (Å²) < 4.78 is 28.8. The van der Waals surface area contributed by atoms with Crippen molar-refractivity contribution in [1.29, 1.82) is 0 Å². The summed E-state index contributed by atoms with van der Waals surface area (Å²) in [5.74, 6) is 0. The molecule has 204 valence electrons. The molecule has 0 aromatic heterocycles. The number of anilines is 2. The van der Waals surface area contributed by atoms with Gasteiger partial charge in [0.1, 0.15) is 0 Å². The number of hydrogen-bond acceptors (Lipinski definition) is 6. The Morgan fingerprint density at radius 3 is 2.28 bits per heavy atom. The van der Waals surface area contributed by atoms with Gasteiger partial charge in [-0.05, 0) is 36.6 Å². The molecule has 7 nitrogen and oxygen atoms in total. The van der Waals surface area contributed by atoms with Crippen LogP contribution in [0.5, 0.6) is 0 Å². The highest BCUT2D eigenvalue weighted by molar-refractivity contribution is 7.89. The van der Waals surface area contributed by atoms with Gasteiger partial charge in [0.2, 0.25) is 10.0 Å². The molecule has 0 amide bonds. The summed E-state index contributed by atoms with van der Waals surface area (Å²) in [5, 5.41) is 10.4. The van der Waals surface area contributed by atoms with E-state index in [1.54, 1.807) is 12.1 Å². The lowest BCUT2D eigenvalue weighted by Gasteiger charge is -2.27. The maximum Gasteiger partial charge on any atom is 0.240 e. The molecule has 0 radical (unpaired) electrons. The summed E-state index contributed by atoms with van der Waals surface area (Å²) in [4.78, 5) is 2.58. The van der Waals surface area contributed by atoms with E-state index in [9.17, 15) is 8.42 Å². The molecule has 0 unspecified atom stereocenters. The summed E-state index contributed by atoms with van der Waals surface area (Å²) >= 11 is 0. The van der Waals surface area contributed by atoms with E-state index in [1.165, 1.54) is 19.3 Å². The van der Waals surface area contributed by atoms with E-state index >= 15 is 0 Å². The minimum atomic E-state index is -3.58. The average Bonchev–Trinajstić information content (AvgIpc) is 2.85. The largest absolute Gasteiger partial charge is 0.381 e. The molecule has 1 aliphatic carbocycles. The number of benzene rings is 2. The molecule has 0 spiro atoms. The Morgan fingerprint density at radius 2 is 1.58 bits per heavy atom. The van der Waals surface area contributed by atoms with Gasteiger partial charge >= 0.3 is 0 Å². The number of nitrogens with zero attached hydrogens (tertiary/aromatic N) is 1. The van der Waals surface area contributed by atoms with Gasteiger partial charge in [-0.3, -0.25) is 4.90 Å². The van der Waals surface area contributed by atoms with E-state index in [1.807, 2.05) is 24.3 Å². The molecule has 1 saturated heterocycles. The van der Waals surface area contributed by atoms with Crippen molar-refractivity contribution in [3.63, 3.8) is 0 Å². The predicted octanol–water partition coefficient (Wildman–Crippen LogP) is 4.49. The fraction of sp³-hybridized carbons (Fsp3) is 0.520. The summed E-state index contributed by atoms with van der Waals surface area (Å²) in [6.07, 6.45) is 6.10. The normalized spacial score (nSPS) is 16.7. The van der Waals surface area contributed by atoms with Crippen LogP contribution in [0.15, 0.2) is 53.4 Å². The van der Waals surface area contributed by atoms with Crippen LogP contribution >= 0.6 is 37.2 Å². The quantitative estimate of drug-likeness (QED) is 0.331. The van der Waals surface area contributed by atoms with Crippen LogP contribution < -0.4 is 20.7 Å². The van der Waals surface area contributed by atoms with Crippen molar-refractivity contribution in [3.8, 4) is 0 Å². The molecule has 2 aromatic rings. The lowest BCUT2D eigenvalue weighted by molar-refractivity contribution is 0.245. The van der Waals surface area contributed by atoms with Crippen LogP contribution in [-0.2, 0) is 16.6 Å². The molecule has 2 aliphatic rings. The van der Waals surface area contributed by atoms with Gasteiger partial charge in [0.25, 0.3) is 0 Å². The topological polar surface area (TPSA) is 85.5 Å². The van der Waals surface area contributed by atoms with Gasteiger partial charge in [0.15, 0.2) is 0 Å². The Morgan fingerprint density at radius 1 is 0.889 bits per heavy atom. The van der Waals surface area contributed by atoms with E-state index in [2.05, 4.69) is 37.7 Å². The maximum atomic E-state index is 13.0. The first-order chi connectivity index (χ1) is 16.1. The molecule has 2 fully saturated rings. The molecule has 1 heterocycles. The third-order valence-corrected chi connectivity index (χ3v) is 7.98. The number of hydrogen-bond donors (Lipinski definition) is 4. The first-order valence-corrected chi connectivity index (χ1v) is 13.7. The smallest absolute Gasteiger partial charge is 0.240 e. The zero-order valence-corrected chi connectivity index (χ0v) is 23.8. The molecule has 1 saturated carbocycles. The van der Waals surface area contributed by atoms with Crippen molar-refractivity contribution in [2.45, 2.75) is 49.6 Å². The van der Waals surface area contributed by atoms with Gasteiger partial charge in [-0.15, -0.1) is 37.2 Å². The summed E-state index contributed by atoms with van der Waals surface area (Å²) in [6.45, 7) is 5.60. The van der Waals surface area contributed by atoms with Crippen LogP contribution in [0, 0.1) is 0 Å². The fourth-order valence-corrected chi connectivity index (χ4v) is 5.63. The van der Waals surface area contributed by atoms with Crippen molar-refractivity contribution >= 4 is 58.6 Å². The highest BCUT2D eigenvalue weighted by atomic mass is 35.5. The highest BCUT2D eigenvalue weighted by Gasteiger charge is 2.19. The van der Waals surface area contributed by atoms with Crippen molar-refractivity contribution < 1.29 is 8.42 Å². The average molecular weight is 581 g/mol. The van der Waals surface area contributed by atoms with Crippen molar-refractivity contribution in [2.24, 2.45) is 0 Å².